The minimum atomic E-state index is -1.12. The summed E-state index contributed by atoms with van der Waals surface area (Å²) in [6, 6.07) is 23.0. The highest BCUT2D eigenvalue weighted by atomic mass is 19.2. The molecule has 1 atom stereocenters. The monoisotopic (exact) mass is 475 g/mol. The smallest absolute Gasteiger partial charge is 0.256 e. The molecule has 0 aliphatic carbocycles. The molecule has 0 radical (unpaired) electrons. The van der Waals surface area contributed by atoms with Crippen molar-refractivity contribution in [2.24, 2.45) is 0 Å². The Morgan fingerprint density at radius 2 is 1.51 bits per heavy atom. The predicted octanol–water partition coefficient (Wildman–Crippen LogP) is 4.14. The lowest BCUT2D eigenvalue weighted by Gasteiger charge is -2.44. The zero-order valence-electron chi connectivity index (χ0n) is 19.3. The first kappa shape index (κ1) is 23.2. The maximum Gasteiger partial charge on any atom is 0.256 e. The van der Waals surface area contributed by atoms with Crippen molar-refractivity contribution in [1.29, 1.82) is 0 Å². The molecule has 2 amide bonds. The first-order valence-corrected chi connectivity index (χ1v) is 11.9. The summed E-state index contributed by atoms with van der Waals surface area (Å²) in [5, 5.41) is 3.60. The van der Waals surface area contributed by atoms with Gasteiger partial charge in [0.2, 0.25) is 5.91 Å². The van der Waals surface area contributed by atoms with Crippen molar-refractivity contribution in [3.05, 3.63) is 107 Å². The number of amides is 2. The van der Waals surface area contributed by atoms with Gasteiger partial charge in [0.25, 0.3) is 5.91 Å². The predicted molar refractivity (Wildman–Crippen MR) is 128 cm³/mol. The topological polar surface area (TPSA) is 52.7 Å². The van der Waals surface area contributed by atoms with Crippen molar-refractivity contribution < 1.29 is 18.4 Å². The van der Waals surface area contributed by atoms with Gasteiger partial charge in [0, 0.05) is 32.5 Å². The molecule has 0 saturated carbocycles. The number of hydrogen-bond acceptors (Lipinski definition) is 3. The van der Waals surface area contributed by atoms with Crippen molar-refractivity contribution in [1.82, 2.24) is 15.1 Å². The number of nitrogens with zero attached hydrogens (tertiary/aromatic N) is 2. The molecular formula is C28H27F2N3O2. The van der Waals surface area contributed by atoms with Crippen molar-refractivity contribution >= 4 is 11.8 Å². The van der Waals surface area contributed by atoms with Gasteiger partial charge in [0.15, 0.2) is 11.6 Å². The van der Waals surface area contributed by atoms with Gasteiger partial charge in [0.1, 0.15) is 0 Å². The lowest BCUT2D eigenvalue weighted by Crippen LogP contribution is -2.59. The van der Waals surface area contributed by atoms with E-state index >= 15 is 0 Å². The number of benzene rings is 3. The van der Waals surface area contributed by atoms with Gasteiger partial charge in [-0.1, -0.05) is 66.7 Å². The summed E-state index contributed by atoms with van der Waals surface area (Å²) < 4.78 is 27.9. The zero-order chi connectivity index (χ0) is 24.4. The molecule has 2 fully saturated rings. The maximum atomic E-state index is 14.2. The number of likely N-dealkylation sites (tertiary alicyclic amines) is 1. The molecule has 5 nitrogen and oxygen atoms in total. The van der Waals surface area contributed by atoms with Crippen LogP contribution in [-0.4, -0.2) is 46.4 Å². The summed E-state index contributed by atoms with van der Waals surface area (Å²) in [5.74, 6) is -2.66. The van der Waals surface area contributed by atoms with Gasteiger partial charge in [-0.2, -0.15) is 0 Å². The summed E-state index contributed by atoms with van der Waals surface area (Å²) in [7, 11) is 0. The van der Waals surface area contributed by atoms with Crippen LogP contribution < -0.4 is 5.32 Å². The van der Waals surface area contributed by atoms with Gasteiger partial charge in [-0.15, -0.1) is 0 Å². The van der Waals surface area contributed by atoms with Gasteiger partial charge in [-0.05, 0) is 29.7 Å². The van der Waals surface area contributed by atoms with Gasteiger partial charge in [-0.3, -0.25) is 14.9 Å². The Balaban J connectivity index is 1.37. The van der Waals surface area contributed by atoms with E-state index in [4.69, 9.17) is 0 Å². The molecule has 2 saturated heterocycles. The Morgan fingerprint density at radius 1 is 0.886 bits per heavy atom. The van der Waals surface area contributed by atoms with E-state index in [0.717, 1.165) is 17.2 Å². The Morgan fingerprint density at radius 3 is 2.17 bits per heavy atom. The Bertz CT molecular complexity index is 1210. The lowest BCUT2D eigenvalue weighted by molar-refractivity contribution is -0.134. The lowest BCUT2D eigenvalue weighted by atomic mass is 9.94. The average Bonchev–Trinajstić information content (AvgIpc) is 3.12. The molecule has 7 heteroatoms. The number of piperidine rings is 1. The first-order chi connectivity index (χ1) is 17.0. The molecule has 0 aromatic heterocycles. The Kier molecular flexibility index (Phi) is 6.34. The molecule has 2 aliphatic rings. The third kappa shape index (κ3) is 4.56. The number of halogens is 2. The van der Waals surface area contributed by atoms with E-state index in [1.807, 2.05) is 65.6 Å². The molecule has 2 heterocycles. The van der Waals surface area contributed by atoms with Crippen LogP contribution in [0.3, 0.4) is 0 Å². The summed E-state index contributed by atoms with van der Waals surface area (Å²) >= 11 is 0. The number of carbonyl (C=O) groups excluding carboxylic acids is 2. The van der Waals surface area contributed by atoms with Crippen molar-refractivity contribution in [2.75, 3.05) is 13.1 Å². The van der Waals surface area contributed by atoms with Crippen molar-refractivity contribution in [3.63, 3.8) is 0 Å². The van der Waals surface area contributed by atoms with Crippen LogP contribution in [0.1, 0.15) is 34.3 Å². The van der Waals surface area contributed by atoms with E-state index in [-0.39, 0.29) is 17.5 Å². The van der Waals surface area contributed by atoms with E-state index in [2.05, 4.69) is 5.32 Å². The summed E-state index contributed by atoms with van der Waals surface area (Å²) in [6.07, 6.45) is 1.57. The molecule has 3 aromatic carbocycles. The number of nitrogens with one attached hydrogen (secondary N) is 1. The normalized spacial score (nSPS) is 19.4. The molecule has 35 heavy (non-hydrogen) atoms. The van der Waals surface area contributed by atoms with Crippen LogP contribution in [0.4, 0.5) is 8.78 Å². The van der Waals surface area contributed by atoms with Crippen LogP contribution in [-0.2, 0) is 17.8 Å². The highest BCUT2D eigenvalue weighted by Gasteiger charge is 2.51. The highest BCUT2D eigenvalue weighted by Crippen LogP contribution is 2.35. The fourth-order valence-corrected chi connectivity index (χ4v) is 5.18. The molecule has 1 spiro atoms. The van der Waals surface area contributed by atoms with Gasteiger partial charge in [0.05, 0.1) is 17.3 Å². The summed E-state index contributed by atoms with van der Waals surface area (Å²) in [6.45, 7) is 1.13. The molecule has 180 valence electrons. The van der Waals surface area contributed by atoms with Crippen LogP contribution in [0.5, 0.6) is 0 Å². The van der Waals surface area contributed by atoms with Crippen molar-refractivity contribution in [2.45, 2.75) is 37.5 Å². The standard InChI is InChI=1S/C28H27F2N3O2/c29-23-13-7-12-22(25(23)30)26(34)32-16-14-28(15-17-32)31-24(18-20-8-3-1-4-9-20)27(35)33(28)19-21-10-5-2-6-11-21/h1-13,24,31H,14-19H2. The molecular weight excluding hydrogens is 448 g/mol. The van der Waals surface area contributed by atoms with E-state index in [9.17, 15) is 18.4 Å². The maximum absolute atomic E-state index is 14.2. The van der Waals surface area contributed by atoms with Crippen molar-refractivity contribution in [3.8, 4) is 0 Å². The minimum Gasteiger partial charge on any atom is -0.338 e. The van der Waals surface area contributed by atoms with Crippen LogP contribution >= 0.6 is 0 Å². The third-order valence-corrected chi connectivity index (χ3v) is 7.05. The van der Waals surface area contributed by atoms with E-state index in [1.54, 1.807) is 4.90 Å². The highest BCUT2D eigenvalue weighted by molar-refractivity contribution is 5.94. The molecule has 2 aliphatic heterocycles. The van der Waals surface area contributed by atoms with E-state index < -0.39 is 23.2 Å². The number of hydrogen-bond donors (Lipinski definition) is 1. The SMILES string of the molecule is O=C(c1cccc(F)c1F)N1CCC2(CC1)NC(Cc1ccccc1)C(=O)N2Cc1ccccc1. The van der Waals surface area contributed by atoms with Crippen LogP contribution in [0.2, 0.25) is 0 Å². The quantitative estimate of drug-likeness (QED) is 0.604. The molecule has 1 unspecified atom stereocenters. The largest absolute Gasteiger partial charge is 0.338 e. The van der Waals surface area contributed by atoms with Gasteiger partial charge >= 0.3 is 0 Å². The third-order valence-electron chi connectivity index (χ3n) is 7.05. The van der Waals surface area contributed by atoms with Gasteiger partial charge in [-0.25, -0.2) is 8.78 Å². The van der Waals surface area contributed by atoms with E-state index in [0.29, 0.717) is 38.9 Å². The Labute approximate surface area is 203 Å². The molecule has 1 N–H and O–H groups in total. The van der Waals surface area contributed by atoms with Crippen LogP contribution in [0, 0.1) is 11.6 Å². The first-order valence-electron chi connectivity index (χ1n) is 11.9. The van der Waals surface area contributed by atoms with E-state index in [1.165, 1.54) is 12.1 Å². The summed E-state index contributed by atoms with van der Waals surface area (Å²) in [4.78, 5) is 30.0. The second-order valence-electron chi connectivity index (χ2n) is 9.22. The minimum absolute atomic E-state index is 0.0358. The molecule has 3 aromatic rings. The zero-order valence-corrected chi connectivity index (χ0v) is 19.3. The van der Waals surface area contributed by atoms with Crippen LogP contribution in [0.25, 0.3) is 0 Å². The molecule has 0 bridgehead atoms. The number of carbonyl (C=O) groups is 2. The second-order valence-corrected chi connectivity index (χ2v) is 9.22. The summed E-state index contributed by atoms with van der Waals surface area (Å²) in [5.41, 5.74) is 1.23. The van der Waals surface area contributed by atoms with Crippen LogP contribution in [0.15, 0.2) is 78.9 Å². The molecule has 5 rings (SSSR count). The Hall–Kier alpha value is -3.58. The average molecular weight is 476 g/mol. The fourth-order valence-electron chi connectivity index (χ4n) is 5.18. The van der Waals surface area contributed by atoms with Gasteiger partial charge < -0.3 is 9.80 Å². The second kappa shape index (κ2) is 9.58. The fraction of sp³-hybridized carbons (Fsp3) is 0.286. The number of rotatable bonds is 5.